The number of benzene rings is 1. The Hall–Kier alpha value is -2.92. The molecule has 0 aliphatic carbocycles. The first-order valence-electron chi connectivity index (χ1n) is 8.40. The summed E-state index contributed by atoms with van der Waals surface area (Å²) in [5, 5.41) is 9.21. The van der Waals surface area contributed by atoms with E-state index in [0.717, 1.165) is 17.4 Å². The van der Waals surface area contributed by atoms with Gasteiger partial charge in [0.05, 0.1) is 18.2 Å². The second-order valence-corrected chi connectivity index (χ2v) is 6.55. The van der Waals surface area contributed by atoms with Crippen molar-refractivity contribution in [2.24, 2.45) is 12.8 Å². The SMILES string of the molecule is Cn1c(=O)c(N2CCC[C@@H](N)C2)cn(Cc2cc(F)ccc2C#N)c1=O. The molecule has 26 heavy (non-hydrogen) atoms. The highest BCUT2D eigenvalue weighted by Gasteiger charge is 2.21. The van der Waals surface area contributed by atoms with Crippen LogP contribution in [0.4, 0.5) is 10.1 Å². The van der Waals surface area contributed by atoms with Crippen LogP contribution in [0.2, 0.25) is 0 Å². The molecule has 1 aliphatic rings. The maximum atomic E-state index is 13.6. The third kappa shape index (κ3) is 3.39. The summed E-state index contributed by atoms with van der Waals surface area (Å²) in [5.41, 5.74) is 6.15. The Morgan fingerprint density at radius 2 is 2.15 bits per heavy atom. The minimum Gasteiger partial charge on any atom is -0.364 e. The Morgan fingerprint density at radius 3 is 2.85 bits per heavy atom. The van der Waals surface area contributed by atoms with Crippen LogP contribution in [-0.2, 0) is 13.6 Å². The van der Waals surface area contributed by atoms with Crippen LogP contribution in [0.5, 0.6) is 0 Å². The lowest BCUT2D eigenvalue weighted by molar-refractivity contribution is 0.500. The Labute approximate surface area is 149 Å². The molecule has 1 aromatic heterocycles. The lowest BCUT2D eigenvalue weighted by atomic mass is 10.1. The molecule has 8 heteroatoms. The molecule has 1 fully saturated rings. The van der Waals surface area contributed by atoms with Gasteiger partial charge in [-0.25, -0.2) is 9.18 Å². The van der Waals surface area contributed by atoms with Crippen molar-refractivity contribution in [3.63, 3.8) is 0 Å². The van der Waals surface area contributed by atoms with E-state index in [0.29, 0.717) is 24.3 Å². The first-order chi connectivity index (χ1) is 12.4. The van der Waals surface area contributed by atoms with E-state index in [2.05, 4.69) is 0 Å². The van der Waals surface area contributed by atoms with Gasteiger partial charge in [-0.15, -0.1) is 0 Å². The average Bonchev–Trinajstić information content (AvgIpc) is 2.62. The van der Waals surface area contributed by atoms with Crippen molar-refractivity contribution in [3.8, 4) is 6.07 Å². The molecule has 0 spiro atoms. The number of hydrogen-bond acceptors (Lipinski definition) is 5. The largest absolute Gasteiger partial charge is 0.364 e. The minimum atomic E-state index is -0.520. The first-order valence-corrected chi connectivity index (χ1v) is 8.40. The highest BCUT2D eigenvalue weighted by atomic mass is 19.1. The molecule has 1 aromatic carbocycles. The summed E-state index contributed by atoms with van der Waals surface area (Å²) in [5.74, 6) is -0.487. The van der Waals surface area contributed by atoms with Gasteiger partial charge in [0, 0.05) is 32.4 Å². The fraction of sp³-hybridized carbons (Fsp3) is 0.389. The number of anilines is 1. The predicted molar refractivity (Wildman–Crippen MR) is 95.6 cm³/mol. The fourth-order valence-corrected chi connectivity index (χ4v) is 3.25. The van der Waals surface area contributed by atoms with Gasteiger partial charge in [0.15, 0.2) is 0 Å². The van der Waals surface area contributed by atoms with Gasteiger partial charge in [-0.05, 0) is 36.6 Å². The lowest BCUT2D eigenvalue weighted by Gasteiger charge is -2.32. The topological polar surface area (TPSA) is 97.1 Å². The van der Waals surface area contributed by atoms with Gasteiger partial charge in [-0.1, -0.05) is 0 Å². The molecule has 3 rings (SSSR count). The molecule has 0 bridgehead atoms. The normalized spacial score (nSPS) is 17.2. The molecular formula is C18H20FN5O2. The number of halogens is 1. The van der Waals surface area contributed by atoms with Crippen LogP contribution in [0, 0.1) is 17.1 Å². The molecular weight excluding hydrogens is 337 g/mol. The zero-order chi connectivity index (χ0) is 18.8. The quantitative estimate of drug-likeness (QED) is 0.864. The van der Waals surface area contributed by atoms with Gasteiger partial charge >= 0.3 is 5.69 Å². The highest BCUT2D eigenvalue weighted by Crippen LogP contribution is 2.16. The Bertz CT molecular complexity index is 989. The van der Waals surface area contributed by atoms with E-state index in [1.165, 1.54) is 36.0 Å². The van der Waals surface area contributed by atoms with Crippen LogP contribution in [0.15, 0.2) is 34.0 Å². The summed E-state index contributed by atoms with van der Waals surface area (Å²) in [6, 6.07) is 5.78. The fourth-order valence-electron chi connectivity index (χ4n) is 3.25. The summed E-state index contributed by atoms with van der Waals surface area (Å²) >= 11 is 0. The molecule has 0 unspecified atom stereocenters. The van der Waals surface area contributed by atoms with Crippen LogP contribution in [-0.4, -0.2) is 28.3 Å². The smallest absolute Gasteiger partial charge is 0.331 e. The lowest BCUT2D eigenvalue weighted by Crippen LogP contribution is -2.47. The van der Waals surface area contributed by atoms with Crippen LogP contribution in [0.25, 0.3) is 0 Å². The molecule has 2 N–H and O–H groups in total. The van der Waals surface area contributed by atoms with E-state index in [1.807, 2.05) is 11.0 Å². The third-order valence-corrected chi connectivity index (χ3v) is 4.66. The van der Waals surface area contributed by atoms with Gasteiger partial charge in [0.1, 0.15) is 11.5 Å². The van der Waals surface area contributed by atoms with Gasteiger partial charge in [-0.2, -0.15) is 5.26 Å². The summed E-state index contributed by atoms with van der Waals surface area (Å²) in [7, 11) is 1.41. The Morgan fingerprint density at radius 1 is 1.38 bits per heavy atom. The number of nitriles is 1. The Kier molecular flexibility index (Phi) is 4.91. The maximum Gasteiger partial charge on any atom is 0.331 e. The average molecular weight is 357 g/mol. The molecule has 0 amide bonds. The molecule has 0 saturated carbocycles. The maximum absolute atomic E-state index is 13.6. The van der Waals surface area contributed by atoms with Crippen molar-refractivity contribution in [1.29, 1.82) is 5.26 Å². The molecule has 136 valence electrons. The van der Waals surface area contributed by atoms with Crippen LogP contribution in [0.1, 0.15) is 24.0 Å². The van der Waals surface area contributed by atoms with E-state index in [4.69, 9.17) is 5.73 Å². The summed E-state index contributed by atoms with van der Waals surface area (Å²) in [6.45, 7) is 1.22. The third-order valence-electron chi connectivity index (χ3n) is 4.66. The van der Waals surface area contributed by atoms with Gasteiger partial charge in [0.25, 0.3) is 5.56 Å². The first kappa shape index (κ1) is 17.9. The van der Waals surface area contributed by atoms with Gasteiger partial charge in [-0.3, -0.25) is 13.9 Å². The van der Waals surface area contributed by atoms with Crippen molar-refractivity contribution >= 4 is 5.69 Å². The van der Waals surface area contributed by atoms with Crippen LogP contribution >= 0.6 is 0 Å². The summed E-state index contributed by atoms with van der Waals surface area (Å²) in [6.07, 6.45) is 3.24. The van der Waals surface area contributed by atoms with Crippen molar-refractivity contribution in [1.82, 2.24) is 9.13 Å². The number of nitrogens with two attached hydrogens (primary N) is 1. The number of piperidine rings is 1. The van der Waals surface area contributed by atoms with Crippen molar-refractivity contribution < 1.29 is 4.39 Å². The van der Waals surface area contributed by atoms with Crippen LogP contribution < -0.4 is 21.9 Å². The molecule has 2 aromatic rings. The summed E-state index contributed by atoms with van der Waals surface area (Å²) in [4.78, 5) is 26.9. The van der Waals surface area contributed by atoms with Crippen molar-refractivity contribution in [2.75, 3.05) is 18.0 Å². The minimum absolute atomic E-state index is 0.000496. The number of nitrogens with zero attached hydrogens (tertiary/aromatic N) is 4. The zero-order valence-electron chi connectivity index (χ0n) is 14.5. The van der Waals surface area contributed by atoms with E-state index >= 15 is 0 Å². The predicted octanol–water partition coefficient (Wildman–Crippen LogP) is 0.534. The van der Waals surface area contributed by atoms with Crippen molar-refractivity contribution in [2.45, 2.75) is 25.4 Å². The van der Waals surface area contributed by atoms with Crippen LogP contribution in [0.3, 0.4) is 0 Å². The number of rotatable bonds is 3. The van der Waals surface area contributed by atoms with Gasteiger partial charge < -0.3 is 10.6 Å². The molecule has 7 nitrogen and oxygen atoms in total. The van der Waals surface area contributed by atoms with E-state index in [9.17, 15) is 19.2 Å². The molecule has 1 aliphatic heterocycles. The number of aromatic nitrogens is 2. The zero-order valence-corrected chi connectivity index (χ0v) is 14.5. The van der Waals surface area contributed by atoms with Crippen molar-refractivity contribution in [3.05, 3.63) is 62.2 Å². The molecule has 2 heterocycles. The van der Waals surface area contributed by atoms with E-state index in [-0.39, 0.29) is 23.7 Å². The second-order valence-electron chi connectivity index (χ2n) is 6.55. The Balaban J connectivity index is 2.06. The second kappa shape index (κ2) is 7.14. The highest BCUT2D eigenvalue weighted by molar-refractivity contribution is 5.44. The monoisotopic (exact) mass is 357 g/mol. The summed E-state index contributed by atoms with van der Waals surface area (Å²) < 4.78 is 15.9. The van der Waals surface area contributed by atoms with E-state index < -0.39 is 11.5 Å². The number of hydrogen-bond donors (Lipinski definition) is 1. The molecule has 1 atom stereocenters. The molecule has 0 radical (unpaired) electrons. The molecule has 1 saturated heterocycles. The van der Waals surface area contributed by atoms with E-state index in [1.54, 1.807) is 0 Å². The van der Waals surface area contributed by atoms with Gasteiger partial charge in [0.2, 0.25) is 0 Å². The standard InChI is InChI=1S/C18H20FN5O2/c1-22-17(25)16(23-6-2-3-15(21)10-23)11-24(18(22)26)9-13-7-14(19)5-4-12(13)8-20/h4-5,7,11,15H,2-3,6,9-10,21H2,1H3/t15-/m1/s1.